The first-order valence-corrected chi connectivity index (χ1v) is 14.0. The molecule has 1 amide bonds. The maximum Gasteiger partial charge on any atom is 0.409 e. The predicted molar refractivity (Wildman–Crippen MR) is 148 cm³/mol. The Balaban J connectivity index is 1.13. The molecule has 5 heterocycles. The number of amides is 1. The number of hydrogen-bond donors (Lipinski definition) is 0. The van der Waals surface area contributed by atoms with Crippen LogP contribution in [0.15, 0.2) is 55.0 Å². The molecule has 212 valence electrons. The molecule has 3 aliphatic rings. The summed E-state index contributed by atoms with van der Waals surface area (Å²) in [5.74, 6) is 0.197. The Bertz CT molecular complexity index is 1600. The van der Waals surface area contributed by atoms with Crippen molar-refractivity contribution in [2.75, 3.05) is 44.7 Å². The molecule has 1 saturated carbocycles. The van der Waals surface area contributed by atoms with Crippen LogP contribution in [-0.4, -0.2) is 75.3 Å². The molecule has 0 radical (unpaired) electrons. The highest BCUT2D eigenvalue weighted by Gasteiger charge is 2.57. The molecule has 0 bridgehead atoms. The van der Waals surface area contributed by atoms with E-state index < -0.39 is 11.4 Å². The molecular formula is C30H31F2N7O2. The summed E-state index contributed by atoms with van der Waals surface area (Å²) in [6.07, 6.45) is 7.88. The number of halogens is 2. The van der Waals surface area contributed by atoms with Gasteiger partial charge in [0.05, 0.1) is 30.1 Å². The van der Waals surface area contributed by atoms with Gasteiger partial charge in [0.25, 0.3) is 0 Å². The minimum absolute atomic E-state index is 0.263. The van der Waals surface area contributed by atoms with Crippen molar-refractivity contribution in [3.63, 3.8) is 0 Å². The normalized spacial score (nSPS) is 22.6. The van der Waals surface area contributed by atoms with E-state index in [2.05, 4.69) is 21.0 Å². The fraction of sp³-hybridized carbons (Fsp3) is 0.400. The summed E-state index contributed by atoms with van der Waals surface area (Å²) in [4.78, 5) is 27.6. The lowest BCUT2D eigenvalue weighted by Crippen LogP contribution is -2.52. The van der Waals surface area contributed by atoms with Crippen LogP contribution in [0.4, 0.5) is 19.4 Å². The average molecular weight is 560 g/mol. The van der Waals surface area contributed by atoms with Gasteiger partial charge >= 0.3 is 6.09 Å². The van der Waals surface area contributed by atoms with Gasteiger partial charge in [-0.2, -0.15) is 5.10 Å². The number of hydrogen-bond acceptors (Lipinski definition) is 7. The minimum Gasteiger partial charge on any atom is -0.453 e. The number of aromatic nitrogens is 4. The van der Waals surface area contributed by atoms with Crippen LogP contribution in [0, 0.1) is 17.6 Å². The van der Waals surface area contributed by atoms with E-state index in [0.29, 0.717) is 24.3 Å². The highest BCUT2D eigenvalue weighted by Crippen LogP contribution is 2.58. The third kappa shape index (κ3) is 4.30. The van der Waals surface area contributed by atoms with Gasteiger partial charge in [0.15, 0.2) is 5.65 Å². The van der Waals surface area contributed by atoms with Gasteiger partial charge < -0.3 is 14.5 Å². The highest BCUT2D eigenvalue weighted by molar-refractivity contribution is 5.75. The summed E-state index contributed by atoms with van der Waals surface area (Å²) in [7, 11) is 1.41. The predicted octanol–water partition coefficient (Wildman–Crippen LogP) is 4.47. The van der Waals surface area contributed by atoms with Crippen LogP contribution in [-0.2, 0) is 16.8 Å². The Morgan fingerprint density at radius 2 is 1.90 bits per heavy atom. The lowest BCUT2D eigenvalue weighted by Gasteiger charge is -2.51. The van der Waals surface area contributed by atoms with Gasteiger partial charge in [-0.1, -0.05) is 6.07 Å². The number of fused-ring (bicyclic) bond motifs is 2. The van der Waals surface area contributed by atoms with Crippen LogP contribution in [0.2, 0.25) is 0 Å². The van der Waals surface area contributed by atoms with E-state index in [-0.39, 0.29) is 17.8 Å². The molecule has 11 heteroatoms. The first-order valence-electron chi connectivity index (χ1n) is 14.0. The smallest absolute Gasteiger partial charge is 0.409 e. The van der Waals surface area contributed by atoms with Crippen molar-refractivity contribution in [2.45, 2.75) is 31.3 Å². The minimum atomic E-state index is -0.583. The van der Waals surface area contributed by atoms with Crippen LogP contribution in [0.1, 0.15) is 30.4 Å². The average Bonchev–Trinajstić information content (AvgIpc) is 3.52. The molecule has 1 unspecified atom stereocenters. The van der Waals surface area contributed by atoms with E-state index in [0.717, 1.165) is 68.1 Å². The number of carbonyl (C=O) groups excluding carboxylic acids is 1. The SMILES string of the molecule is COC(=O)N1CCN(Cc2ccc(-c3cnn4ccc(N5CC[C@H]6CCC65c5cc(F)ccc5F)nc34)nc2)CC1. The summed E-state index contributed by atoms with van der Waals surface area (Å²) in [5, 5.41) is 4.49. The third-order valence-corrected chi connectivity index (χ3v) is 9.07. The van der Waals surface area contributed by atoms with Crippen LogP contribution >= 0.6 is 0 Å². The Labute approximate surface area is 236 Å². The molecule has 2 atom stereocenters. The standard InChI is InChI=1S/C30H31F2N7O2/c1-41-29(40)37-14-12-36(13-15-37)19-20-2-5-26(33-17-20)23-18-34-39-11-8-27(35-28(23)39)38-10-7-21-6-9-30(21,38)24-16-22(31)3-4-25(24)32/h2-5,8,11,16-18,21H,6-7,9-10,12-15,19H2,1H3/t21-,30?/m1/s1. The van der Waals surface area contributed by atoms with Crippen molar-refractivity contribution >= 4 is 17.6 Å². The number of methoxy groups -OCH3 is 1. The molecule has 0 spiro atoms. The molecule has 2 saturated heterocycles. The molecule has 0 N–H and O–H groups in total. The van der Waals surface area contributed by atoms with Crippen molar-refractivity contribution in [1.29, 1.82) is 0 Å². The van der Waals surface area contributed by atoms with Gasteiger partial charge in [-0.25, -0.2) is 23.1 Å². The van der Waals surface area contributed by atoms with Crippen LogP contribution in [0.3, 0.4) is 0 Å². The Morgan fingerprint density at radius 1 is 1.05 bits per heavy atom. The molecule has 2 aliphatic heterocycles. The quantitative estimate of drug-likeness (QED) is 0.357. The molecule has 41 heavy (non-hydrogen) atoms. The maximum atomic E-state index is 15.0. The molecular weight excluding hydrogens is 528 g/mol. The molecule has 7 rings (SSSR count). The molecule has 1 aliphatic carbocycles. The van der Waals surface area contributed by atoms with E-state index in [1.165, 1.54) is 25.3 Å². The first-order chi connectivity index (χ1) is 20.0. The Hall–Kier alpha value is -4.12. The fourth-order valence-electron chi connectivity index (χ4n) is 6.84. The van der Waals surface area contributed by atoms with Gasteiger partial charge in [0, 0.05) is 57.2 Å². The van der Waals surface area contributed by atoms with E-state index in [9.17, 15) is 9.18 Å². The number of carbonyl (C=O) groups is 1. The Morgan fingerprint density at radius 3 is 2.63 bits per heavy atom. The number of nitrogens with zero attached hydrogens (tertiary/aromatic N) is 7. The molecule has 4 aromatic rings. The van der Waals surface area contributed by atoms with Gasteiger partial charge in [0.1, 0.15) is 17.5 Å². The number of ether oxygens (including phenoxy) is 1. The fourth-order valence-corrected chi connectivity index (χ4v) is 6.84. The van der Waals surface area contributed by atoms with Crippen molar-refractivity contribution in [3.8, 4) is 11.3 Å². The van der Waals surface area contributed by atoms with Crippen molar-refractivity contribution < 1.29 is 18.3 Å². The van der Waals surface area contributed by atoms with Crippen molar-refractivity contribution in [3.05, 3.63) is 77.8 Å². The number of benzene rings is 1. The zero-order chi connectivity index (χ0) is 28.1. The number of pyridine rings is 1. The summed E-state index contributed by atoms with van der Waals surface area (Å²) >= 11 is 0. The van der Waals surface area contributed by atoms with Crippen LogP contribution in [0.5, 0.6) is 0 Å². The van der Waals surface area contributed by atoms with E-state index >= 15 is 4.39 Å². The van der Waals surface area contributed by atoms with Gasteiger partial charge in [0.2, 0.25) is 0 Å². The summed E-state index contributed by atoms with van der Waals surface area (Å²) in [5.41, 5.74) is 3.15. The van der Waals surface area contributed by atoms with E-state index in [4.69, 9.17) is 14.7 Å². The maximum absolute atomic E-state index is 15.0. The molecule has 1 aromatic carbocycles. The third-order valence-electron chi connectivity index (χ3n) is 9.07. The topological polar surface area (TPSA) is 79.1 Å². The molecule has 3 aromatic heterocycles. The highest BCUT2D eigenvalue weighted by atomic mass is 19.1. The van der Waals surface area contributed by atoms with E-state index in [1.807, 2.05) is 24.5 Å². The van der Waals surface area contributed by atoms with Gasteiger partial charge in [-0.3, -0.25) is 9.88 Å². The summed E-state index contributed by atoms with van der Waals surface area (Å²) in [6, 6.07) is 9.70. The number of rotatable bonds is 5. The number of anilines is 1. The Kier molecular flexibility index (Phi) is 6.33. The monoisotopic (exact) mass is 559 g/mol. The summed E-state index contributed by atoms with van der Waals surface area (Å²) in [6.45, 7) is 4.30. The first kappa shape index (κ1) is 25.8. The zero-order valence-corrected chi connectivity index (χ0v) is 22.8. The second-order valence-corrected chi connectivity index (χ2v) is 11.1. The molecule has 9 nitrogen and oxygen atoms in total. The lowest BCUT2D eigenvalue weighted by atomic mass is 9.63. The lowest BCUT2D eigenvalue weighted by molar-refractivity contribution is 0.0888. The zero-order valence-electron chi connectivity index (χ0n) is 22.8. The van der Waals surface area contributed by atoms with Crippen LogP contribution in [0.25, 0.3) is 16.9 Å². The summed E-state index contributed by atoms with van der Waals surface area (Å²) < 4.78 is 35.8. The second-order valence-electron chi connectivity index (χ2n) is 11.1. The number of piperazine rings is 1. The van der Waals surface area contributed by atoms with Crippen LogP contribution < -0.4 is 4.90 Å². The van der Waals surface area contributed by atoms with Crippen molar-refractivity contribution in [1.82, 2.24) is 29.4 Å². The van der Waals surface area contributed by atoms with Crippen molar-refractivity contribution in [2.24, 2.45) is 5.92 Å². The van der Waals surface area contributed by atoms with E-state index in [1.54, 1.807) is 15.6 Å². The molecule has 3 fully saturated rings. The van der Waals surface area contributed by atoms with Gasteiger partial charge in [-0.05, 0) is 61.1 Å². The largest absolute Gasteiger partial charge is 0.453 e. The van der Waals surface area contributed by atoms with Gasteiger partial charge in [-0.15, -0.1) is 0 Å². The second kappa shape index (κ2) is 10.1.